The lowest BCUT2D eigenvalue weighted by Crippen LogP contribution is -2.42. The van der Waals surface area contributed by atoms with Crippen molar-refractivity contribution >= 4 is 5.91 Å². The SMILES string of the molecule is CC(O)(CNC(=O)c1c(F)cccc1F)C1CC1. The molecule has 1 atom stereocenters. The zero-order valence-electron chi connectivity index (χ0n) is 10.0. The fourth-order valence-corrected chi connectivity index (χ4v) is 1.91. The van der Waals surface area contributed by atoms with Gasteiger partial charge in [-0.25, -0.2) is 8.78 Å². The van der Waals surface area contributed by atoms with Crippen molar-refractivity contribution in [2.45, 2.75) is 25.4 Å². The molecule has 2 rings (SSSR count). The average molecular weight is 255 g/mol. The highest BCUT2D eigenvalue weighted by molar-refractivity contribution is 5.94. The number of nitrogens with one attached hydrogen (secondary N) is 1. The number of rotatable bonds is 4. The molecule has 0 spiro atoms. The van der Waals surface area contributed by atoms with Gasteiger partial charge >= 0.3 is 0 Å². The molecule has 1 aliphatic rings. The number of carbonyl (C=O) groups is 1. The summed E-state index contributed by atoms with van der Waals surface area (Å²) in [5, 5.41) is 12.4. The number of carbonyl (C=O) groups excluding carboxylic acids is 1. The summed E-state index contributed by atoms with van der Waals surface area (Å²) >= 11 is 0. The molecule has 98 valence electrons. The molecule has 1 aromatic rings. The molecule has 0 aliphatic heterocycles. The van der Waals surface area contributed by atoms with Crippen LogP contribution in [-0.2, 0) is 0 Å². The smallest absolute Gasteiger partial charge is 0.257 e. The summed E-state index contributed by atoms with van der Waals surface area (Å²) < 4.78 is 26.7. The first kappa shape index (κ1) is 13.0. The quantitative estimate of drug-likeness (QED) is 0.862. The van der Waals surface area contributed by atoms with Crippen LogP contribution in [0.5, 0.6) is 0 Å². The number of halogens is 2. The van der Waals surface area contributed by atoms with E-state index in [0.717, 1.165) is 25.0 Å². The van der Waals surface area contributed by atoms with Crippen molar-refractivity contribution in [3.8, 4) is 0 Å². The van der Waals surface area contributed by atoms with E-state index in [2.05, 4.69) is 5.32 Å². The summed E-state index contributed by atoms with van der Waals surface area (Å²) in [5.41, 5.74) is -1.62. The van der Waals surface area contributed by atoms with Crippen molar-refractivity contribution < 1.29 is 18.7 Å². The minimum absolute atomic E-state index is 0.00965. The van der Waals surface area contributed by atoms with Crippen LogP contribution < -0.4 is 5.32 Å². The van der Waals surface area contributed by atoms with Gasteiger partial charge in [0, 0.05) is 6.54 Å². The number of benzene rings is 1. The van der Waals surface area contributed by atoms with Crippen LogP contribution in [0, 0.1) is 17.6 Å². The van der Waals surface area contributed by atoms with Gasteiger partial charge in [-0.15, -0.1) is 0 Å². The molecule has 1 aliphatic carbocycles. The Hall–Kier alpha value is -1.49. The molecular formula is C13H15F2NO2. The van der Waals surface area contributed by atoms with Crippen LogP contribution in [-0.4, -0.2) is 23.2 Å². The Kier molecular flexibility index (Phi) is 3.34. The van der Waals surface area contributed by atoms with Crippen LogP contribution in [0.3, 0.4) is 0 Å². The summed E-state index contributed by atoms with van der Waals surface area (Å²) in [7, 11) is 0. The summed E-state index contributed by atoms with van der Waals surface area (Å²) in [6.07, 6.45) is 1.83. The Morgan fingerprint density at radius 2 is 2.00 bits per heavy atom. The van der Waals surface area contributed by atoms with Crippen LogP contribution in [0.2, 0.25) is 0 Å². The second-order valence-electron chi connectivity index (χ2n) is 4.91. The molecule has 1 saturated carbocycles. The van der Waals surface area contributed by atoms with Crippen molar-refractivity contribution in [3.05, 3.63) is 35.4 Å². The topological polar surface area (TPSA) is 49.3 Å². The van der Waals surface area contributed by atoms with Gasteiger partial charge in [-0.3, -0.25) is 4.79 Å². The third kappa shape index (κ3) is 2.67. The first-order chi connectivity index (χ1) is 8.42. The lowest BCUT2D eigenvalue weighted by Gasteiger charge is -2.23. The van der Waals surface area contributed by atoms with Gasteiger partial charge in [0.2, 0.25) is 0 Å². The molecule has 1 unspecified atom stereocenters. The maximum absolute atomic E-state index is 13.3. The van der Waals surface area contributed by atoms with E-state index in [-0.39, 0.29) is 12.5 Å². The van der Waals surface area contributed by atoms with E-state index in [9.17, 15) is 18.7 Å². The van der Waals surface area contributed by atoms with Gasteiger partial charge in [-0.1, -0.05) is 6.07 Å². The predicted octanol–water partition coefficient (Wildman–Crippen LogP) is 1.86. The highest BCUT2D eigenvalue weighted by Gasteiger charge is 2.40. The van der Waals surface area contributed by atoms with Crippen LogP contribution in [0.25, 0.3) is 0 Å². The van der Waals surface area contributed by atoms with Gasteiger partial charge in [-0.2, -0.15) is 0 Å². The molecule has 1 fully saturated rings. The normalized spacial score (nSPS) is 18.2. The van der Waals surface area contributed by atoms with Crippen molar-refractivity contribution in [1.82, 2.24) is 5.32 Å². The molecule has 0 bridgehead atoms. The number of aliphatic hydroxyl groups is 1. The third-order valence-corrected chi connectivity index (χ3v) is 3.25. The van der Waals surface area contributed by atoms with Gasteiger partial charge in [0.25, 0.3) is 5.91 Å². The zero-order valence-corrected chi connectivity index (χ0v) is 10.0. The van der Waals surface area contributed by atoms with Crippen LogP contribution in [0.15, 0.2) is 18.2 Å². The average Bonchev–Trinajstić information content (AvgIpc) is 3.10. The van der Waals surface area contributed by atoms with Gasteiger partial charge in [0.1, 0.15) is 17.2 Å². The summed E-state index contributed by atoms with van der Waals surface area (Å²) in [4.78, 5) is 11.7. The van der Waals surface area contributed by atoms with Crippen molar-refractivity contribution in [1.29, 1.82) is 0 Å². The van der Waals surface area contributed by atoms with E-state index < -0.39 is 28.7 Å². The summed E-state index contributed by atoms with van der Waals surface area (Å²) in [5.74, 6) is -2.49. The Morgan fingerprint density at radius 3 is 2.50 bits per heavy atom. The molecule has 5 heteroatoms. The van der Waals surface area contributed by atoms with Crippen molar-refractivity contribution in [2.75, 3.05) is 6.54 Å². The standard InChI is InChI=1S/C13H15F2NO2/c1-13(18,8-5-6-8)7-16-12(17)11-9(14)3-2-4-10(11)15/h2-4,8,18H,5-7H2,1H3,(H,16,17). The maximum atomic E-state index is 13.3. The fraction of sp³-hybridized carbons (Fsp3) is 0.462. The summed E-state index contributed by atoms with van der Waals surface area (Å²) in [6.45, 7) is 1.60. The molecule has 0 saturated heterocycles. The third-order valence-electron chi connectivity index (χ3n) is 3.25. The Labute approximate surface area is 104 Å². The monoisotopic (exact) mass is 255 g/mol. The van der Waals surface area contributed by atoms with E-state index >= 15 is 0 Å². The van der Waals surface area contributed by atoms with Gasteiger partial charge in [0.05, 0.1) is 5.60 Å². The second kappa shape index (κ2) is 4.65. The van der Waals surface area contributed by atoms with E-state index in [0.29, 0.717) is 0 Å². The van der Waals surface area contributed by atoms with Crippen LogP contribution in [0.4, 0.5) is 8.78 Å². The minimum atomic E-state index is -1.02. The zero-order chi connectivity index (χ0) is 13.3. The molecule has 0 aromatic heterocycles. The van der Waals surface area contributed by atoms with Gasteiger partial charge in [0.15, 0.2) is 0 Å². The van der Waals surface area contributed by atoms with Crippen molar-refractivity contribution in [3.63, 3.8) is 0 Å². The van der Waals surface area contributed by atoms with Gasteiger partial charge in [-0.05, 0) is 37.8 Å². The maximum Gasteiger partial charge on any atom is 0.257 e. The van der Waals surface area contributed by atoms with Gasteiger partial charge < -0.3 is 10.4 Å². The Balaban J connectivity index is 2.04. The number of amides is 1. The number of hydrogen-bond acceptors (Lipinski definition) is 2. The Bertz CT molecular complexity index is 450. The molecular weight excluding hydrogens is 240 g/mol. The fourth-order valence-electron chi connectivity index (χ4n) is 1.91. The molecule has 18 heavy (non-hydrogen) atoms. The molecule has 3 nitrogen and oxygen atoms in total. The highest BCUT2D eigenvalue weighted by atomic mass is 19.1. The van der Waals surface area contributed by atoms with E-state index in [1.54, 1.807) is 6.92 Å². The second-order valence-corrected chi connectivity index (χ2v) is 4.91. The molecule has 2 N–H and O–H groups in total. The lowest BCUT2D eigenvalue weighted by molar-refractivity contribution is 0.0353. The summed E-state index contributed by atoms with van der Waals surface area (Å²) in [6, 6.07) is 3.25. The van der Waals surface area contributed by atoms with E-state index in [4.69, 9.17) is 0 Å². The van der Waals surface area contributed by atoms with Crippen LogP contribution in [0.1, 0.15) is 30.1 Å². The molecule has 1 aromatic carbocycles. The predicted molar refractivity (Wildman–Crippen MR) is 62.0 cm³/mol. The number of hydrogen-bond donors (Lipinski definition) is 2. The molecule has 0 heterocycles. The minimum Gasteiger partial charge on any atom is -0.388 e. The highest BCUT2D eigenvalue weighted by Crippen LogP contribution is 2.39. The van der Waals surface area contributed by atoms with E-state index in [1.165, 1.54) is 6.07 Å². The largest absolute Gasteiger partial charge is 0.388 e. The Morgan fingerprint density at radius 1 is 1.44 bits per heavy atom. The first-order valence-corrected chi connectivity index (χ1v) is 5.86. The van der Waals surface area contributed by atoms with Crippen molar-refractivity contribution in [2.24, 2.45) is 5.92 Å². The van der Waals surface area contributed by atoms with Crippen LogP contribution >= 0.6 is 0 Å². The lowest BCUT2D eigenvalue weighted by atomic mass is 10.0. The molecule has 0 radical (unpaired) electrons. The molecule has 1 amide bonds. The van der Waals surface area contributed by atoms with E-state index in [1.807, 2.05) is 0 Å². The first-order valence-electron chi connectivity index (χ1n) is 5.86.